The van der Waals surface area contributed by atoms with E-state index in [1.807, 2.05) is 20.8 Å². The van der Waals surface area contributed by atoms with Crippen molar-refractivity contribution in [3.63, 3.8) is 0 Å². The van der Waals surface area contributed by atoms with Gasteiger partial charge in [-0.2, -0.15) is 4.98 Å². The van der Waals surface area contributed by atoms with Gasteiger partial charge < -0.3 is 14.6 Å². The van der Waals surface area contributed by atoms with Crippen molar-refractivity contribution in [1.82, 2.24) is 30.1 Å². The number of nitrogens with zero attached hydrogens (tertiary/aromatic N) is 6. The number of benzene rings is 1. The van der Waals surface area contributed by atoms with E-state index >= 15 is 0 Å². The average molecular weight is 452 g/mol. The van der Waals surface area contributed by atoms with E-state index in [-0.39, 0.29) is 28.6 Å². The van der Waals surface area contributed by atoms with Crippen LogP contribution >= 0.6 is 0 Å². The minimum atomic E-state index is -0.696. The Labute approximate surface area is 188 Å². The van der Waals surface area contributed by atoms with Crippen LogP contribution < -0.4 is 15.4 Å². The third-order valence-electron chi connectivity index (χ3n) is 4.39. The molecular formula is C21H21FN8O3. The number of anilines is 2. The van der Waals surface area contributed by atoms with Crippen molar-refractivity contribution in [1.29, 1.82) is 0 Å². The van der Waals surface area contributed by atoms with Crippen molar-refractivity contribution in [3.05, 3.63) is 54.2 Å². The summed E-state index contributed by atoms with van der Waals surface area (Å²) >= 11 is 0. The molecule has 4 rings (SSSR count). The van der Waals surface area contributed by atoms with Gasteiger partial charge in [0, 0.05) is 36.9 Å². The van der Waals surface area contributed by atoms with Gasteiger partial charge >= 0.3 is 6.03 Å². The maximum atomic E-state index is 14.5. The molecule has 0 aliphatic carbocycles. The Morgan fingerprint density at radius 1 is 1.18 bits per heavy atom. The Balaban J connectivity index is 1.41. The Morgan fingerprint density at radius 3 is 2.67 bits per heavy atom. The zero-order valence-corrected chi connectivity index (χ0v) is 18.3. The zero-order valence-electron chi connectivity index (χ0n) is 18.3. The Hall–Kier alpha value is -4.35. The van der Waals surface area contributed by atoms with Crippen LogP contribution in [-0.4, -0.2) is 36.1 Å². The van der Waals surface area contributed by atoms with Crippen molar-refractivity contribution in [3.8, 4) is 23.1 Å². The lowest BCUT2D eigenvalue weighted by Gasteiger charge is -2.12. The third kappa shape index (κ3) is 5.29. The van der Waals surface area contributed by atoms with Crippen LogP contribution in [0.15, 0.2) is 47.2 Å². The number of amides is 2. The highest BCUT2D eigenvalue weighted by Crippen LogP contribution is 2.26. The number of hydrogen-bond acceptors (Lipinski definition) is 8. The molecule has 4 aromatic rings. The van der Waals surface area contributed by atoms with Crippen LogP contribution in [0.3, 0.4) is 0 Å². The van der Waals surface area contributed by atoms with Crippen molar-refractivity contribution < 1.29 is 18.4 Å². The molecule has 0 bridgehead atoms. The molecule has 170 valence electrons. The summed E-state index contributed by atoms with van der Waals surface area (Å²) < 4.78 is 26.8. The van der Waals surface area contributed by atoms with Crippen LogP contribution in [0.1, 0.15) is 26.5 Å². The Bertz CT molecular complexity index is 1290. The van der Waals surface area contributed by atoms with Gasteiger partial charge in [0.15, 0.2) is 5.82 Å². The quantitative estimate of drug-likeness (QED) is 0.462. The van der Waals surface area contributed by atoms with E-state index in [4.69, 9.17) is 9.26 Å². The number of carbonyl (C=O) groups excluding carboxylic acids is 1. The summed E-state index contributed by atoms with van der Waals surface area (Å²) in [5.74, 6) is 0.160. The van der Waals surface area contributed by atoms with E-state index in [0.717, 1.165) is 6.07 Å². The minimum absolute atomic E-state index is 0.0432. The number of nitrogens with one attached hydrogen (secondary N) is 2. The van der Waals surface area contributed by atoms with Crippen molar-refractivity contribution in [2.24, 2.45) is 7.05 Å². The van der Waals surface area contributed by atoms with E-state index in [0.29, 0.717) is 17.2 Å². The van der Waals surface area contributed by atoms with E-state index < -0.39 is 11.8 Å². The molecule has 0 atom stereocenters. The molecule has 0 spiro atoms. The van der Waals surface area contributed by atoms with Gasteiger partial charge in [-0.3, -0.25) is 10.00 Å². The SMILES string of the molecule is Cn1cc(-c2nccc(Oc3ccc(NC(=O)Nc4cc(C(C)(C)C)no4)c(F)c3)n2)nn1. The lowest BCUT2D eigenvalue weighted by Crippen LogP contribution is -2.19. The number of urea groups is 1. The molecule has 33 heavy (non-hydrogen) atoms. The first-order chi connectivity index (χ1) is 15.7. The van der Waals surface area contributed by atoms with Crippen molar-refractivity contribution in [2.75, 3.05) is 10.6 Å². The highest BCUT2D eigenvalue weighted by atomic mass is 19.1. The summed E-state index contributed by atoms with van der Waals surface area (Å²) in [7, 11) is 1.73. The predicted molar refractivity (Wildman–Crippen MR) is 116 cm³/mol. The third-order valence-corrected chi connectivity index (χ3v) is 4.39. The first-order valence-corrected chi connectivity index (χ1v) is 9.90. The molecule has 2 amide bonds. The summed E-state index contributed by atoms with van der Waals surface area (Å²) in [5, 5.41) is 16.6. The number of ether oxygens (including phenoxy) is 1. The number of halogens is 1. The summed E-state index contributed by atoms with van der Waals surface area (Å²) in [6.45, 7) is 5.89. The second-order valence-electron chi connectivity index (χ2n) is 8.15. The Kier molecular flexibility index (Phi) is 5.73. The molecule has 3 aromatic heterocycles. The fraction of sp³-hybridized carbons (Fsp3) is 0.238. The van der Waals surface area contributed by atoms with Gasteiger partial charge in [-0.1, -0.05) is 31.1 Å². The van der Waals surface area contributed by atoms with Gasteiger partial charge in [-0.25, -0.2) is 14.2 Å². The maximum absolute atomic E-state index is 14.5. The number of carbonyl (C=O) groups is 1. The first kappa shape index (κ1) is 21.9. The van der Waals surface area contributed by atoms with Gasteiger partial charge in [0.05, 0.1) is 17.6 Å². The molecule has 0 saturated carbocycles. The molecule has 12 heteroatoms. The second-order valence-corrected chi connectivity index (χ2v) is 8.15. The van der Waals surface area contributed by atoms with Crippen LogP contribution in [0.2, 0.25) is 0 Å². The van der Waals surface area contributed by atoms with E-state index in [2.05, 4.69) is 36.1 Å². The standard InChI is InChI=1S/C21H21FN8O3/c1-21(2,3)16-10-18(33-28-16)26-20(31)24-14-6-5-12(9-13(14)22)32-17-7-8-23-19(25-17)15-11-30(4)29-27-15/h5-11H,1-4H3,(H2,24,26,31). The molecule has 0 radical (unpaired) electrons. The van der Waals surface area contributed by atoms with E-state index in [9.17, 15) is 9.18 Å². The van der Waals surface area contributed by atoms with Gasteiger partial charge in [0.1, 0.15) is 17.3 Å². The zero-order chi connectivity index (χ0) is 23.6. The lowest BCUT2D eigenvalue weighted by molar-refractivity contribution is 0.261. The fourth-order valence-corrected chi connectivity index (χ4v) is 2.71. The normalized spacial score (nSPS) is 11.3. The van der Waals surface area contributed by atoms with Crippen LogP contribution in [-0.2, 0) is 12.5 Å². The van der Waals surface area contributed by atoms with Crippen molar-refractivity contribution >= 4 is 17.6 Å². The van der Waals surface area contributed by atoms with Gasteiger partial charge in [-0.15, -0.1) is 5.10 Å². The Morgan fingerprint density at radius 2 is 2.00 bits per heavy atom. The molecule has 1 aromatic carbocycles. The molecular weight excluding hydrogens is 431 g/mol. The number of hydrogen-bond donors (Lipinski definition) is 2. The maximum Gasteiger partial charge on any atom is 0.326 e. The molecule has 0 fully saturated rings. The van der Waals surface area contributed by atoms with Crippen LogP contribution in [0.25, 0.3) is 11.5 Å². The molecule has 2 N–H and O–H groups in total. The van der Waals surface area contributed by atoms with Crippen molar-refractivity contribution in [2.45, 2.75) is 26.2 Å². The molecule has 0 saturated heterocycles. The molecule has 0 unspecified atom stereocenters. The number of aryl methyl sites for hydroxylation is 1. The van der Waals surface area contributed by atoms with Gasteiger partial charge in [0.25, 0.3) is 0 Å². The first-order valence-electron chi connectivity index (χ1n) is 9.90. The number of aromatic nitrogens is 6. The lowest BCUT2D eigenvalue weighted by atomic mass is 9.92. The smallest absolute Gasteiger partial charge is 0.326 e. The van der Waals surface area contributed by atoms with Gasteiger partial charge in [-0.05, 0) is 12.1 Å². The molecule has 0 aliphatic rings. The highest BCUT2D eigenvalue weighted by molar-refractivity contribution is 5.99. The fourth-order valence-electron chi connectivity index (χ4n) is 2.71. The van der Waals surface area contributed by atoms with Crippen LogP contribution in [0.4, 0.5) is 20.8 Å². The van der Waals surface area contributed by atoms with Crippen LogP contribution in [0.5, 0.6) is 11.6 Å². The summed E-state index contributed by atoms with van der Waals surface area (Å²) in [6, 6.07) is 6.46. The molecule has 3 heterocycles. The predicted octanol–water partition coefficient (Wildman–Crippen LogP) is 4.13. The second kappa shape index (κ2) is 8.65. The summed E-state index contributed by atoms with van der Waals surface area (Å²) in [5.41, 5.74) is 0.873. The van der Waals surface area contributed by atoms with E-state index in [1.165, 1.54) is 29.1 Å². The highest BCUT2D eigenvalue weighted by Gasteiger charge is 2.20. The minimum Gasteiger partial charge on any atom is -0.439 e. The summed E-state index contributed by atoms with van der Waals surface area (Å²) in [4.78, 5) is 20.6. The molecule has 11 nitrogen and oxygen atoms in total. The van der Waals surface area contributed by atoms with Crippen LogP contribution in [0, 0.1) is 5.82 Å². The van der Waals surface area contributed by atoms with Gasteiger partial charge in [0.2, 0.25) is 11.8 Å². The largest absolute Gasteiger partial charge is 0.439 e. The van der Waals surface area contributed by atoms with E-state index in [1.54, 1.807) is 19.3 Å². The number of rotatable bonds is 5. The molecule has 0 aliphatic heterocycles. The topological polar surface area (TPSA) is 133 Å². The average Bonchev–Trinajstić information content (AvgIpc) is 3.39. The monoisotopic (exact) mass is 452 g/mol. The summed E-state index contributed by atoms with van der Waals surface area (Å²) in [6.07, 6.45) is 3.16.